The molecule has 290 valence electrons. The zero-order valence-corrected chi connectivity index (χ0v) is 30.2. The lowest BCUT2D eigenvalue weighted by molar-refractivity contribution is -0.134. The van der Waals surface area contributed by atoms with Gasteiger partial charge in [0.1, 0.15) is 16.6 Å². The normalized spacial score (nSPS) is 15.9. The van der Waals surface area contributed by atoms with Crippen LogP contribution in [0.2, 0.25) is 0 Å². The van der Waals surface area contributed by atoms with E-state index in [-0.39, 0.29) is 27.4 Å². The maximum absolute atomic E-state index is 12.9. The van der Waals surface area contributed by atoms with Crippen molar-refractivity contribution in [3.8, 4) is 0 Å². The third-order valence-electron chi connectivity index (χ3n) is 7.88. The summed E-state index contributed by atoms with van der Waals surface area (Å²) in [5, 5.41) is 27.4. The number of hydrazone groups is 1. The van der Waals surface area contributed by atoms with Crippen molar-refractivity contribution in [3.05, 3.63) is 169 Å². The molecule has 2 aliphatic carbocycles. The van der Waals surface area contributed by atoms with Gasteiger partial charge in [0.2, 0.25) is 11.2 Å². The SMILES string of the molecule is O=C(O)C1=C/C(=N\Nc2ccc(C(=O)Nc3ccc(N\N=c4/ccc(=O)c(=O)/c4=N/N=C4\C=C(NNc5cccc(S(=O)(=O)O)c5)C=CC4=O)cc3)cc2)C=CC1=O. The first kappa shape index (κ1) is 39.5. The zero-order valence-electron chi connectivity index (χ0n) is 29.4. The Bertz CT molecular complexity index is 2910. The Kier molecular flexibility index (Phi) is 11.6. The fourth-order valence-corrected chi connectivity index (χ4v) is 5.45. The highest BCUT2D eigenvalue weighted by atomic mass is 32.2. The molecule has 0 aliphatic heterocycles. The van der Waals surface area contributed by atoms with Crippen molar-refractivity contribution < 1.29 is 37.3 Å². The van der Waals surface area contributed by atoms with Crippen molar-refractivity contribution in [2.75, 3.05) is 21.6 Å². The molecule has 0 atom stereocenters. The molecule has 0 unspecified atom stereocenters. The molecule has 0 saturated heterocycles. The van der Waals surface area contributed by atoms with Gasteiger partial charge in [-0.25, -0.2) is 4.79 Å². The van der Waals surface area contributed by atoms with Crippen LogP contribution in [0.3, 0.4) is 0 Å². The van der Waals surface area contributed by atoms with Crippen LogP contribution in [0, 0.1) is 0 Å². The quantitative estimate of drug-likeness (QED) is 0.0267. The number of aliphatic carboxylic acids is 1. The van der Waals surface area contributed by atoms with Crippen LogP contribution in [0.1, 0.15) is 10.4 Å². The summed E-state index contributed by atoms with van der Waals surface area (Å²) in [5.41, 5.74) is 10.9. The van der Waals surface area contributed by atoms with Gasteiger partial charge >= 0.3 is 5.97 Å². The molecular formula is C38H27N9O10S. The number of hydrogen-bond donors (Lipinski definition) is 7. The molecule has 0 radical (unpaired) electrons. The number of nitrogens with one attached hydrogen (secondary N) is 5. The van der Waals surface area contributed by atoms with Crippen molar-refractivity contribution in [2.45, 2.75) is 4.90 Å². The van der Waals surface area contributed by atoms with Crippen molar-refractivity contribution in [1.29, 1.82) is 0 Å². The maximum atomic E-state index is 12.9. The molecule has 19 nitrogen and oxygen atoms in total. The lowest BCUT2D eigenvalue weighted by atomic mass is 10.0. The fourth-order valence-electron chi connectivity index (χ4n) is 4.92. The summed E-state index contributed by atoms with van der Waals surface area (Å²) in [6.07, 6.45) is 7.47. The standard InChI is InChI=1S/C38H27N9O10S/c48-32-15-12-26(19-29(32)38(53)54)43-40-23-6-4-21(5-7-23)37(52)39-22-8-10-24(11-9-22)41-45-30-14-17-34(50)36(51)35(30)47-46-31-20-27(13-16-33(31)49)44-42-25-2-1-3-28(18-25)58(55,56)57/h1-20,40-42,44H,(H,39,52)(H,53,54)(H,55,56,57)/b43-26-,45-30+,46-31+,47-35+. The molecule has 0 saturated carbocycles. The van der Waals surface area contributed by atoms with Gasteiger partial charge in [0.25, 0.3) is 21.5 Å². The molecule has 4 aromatic rings. The van der Waals surface area contributed by atoms with E-state index in [1.54, 1.807) is 48.5 Å². The summed E-state index contributed by atoms with van der Waals surface area (Å²) in [4.78, 5) is 72.8. The number of hydrogen-bond acceptors (Lipinski definition) is 16. The summed E-state index contributed by atoms with van der Waals surface area (Å²) in [7, 11) is -4.44. The number of allylic oxidation sites excluding steroid dienone is 6. The topological polar surface area (TPSA) is 287 Å². The van der Waals surface area contributed by atoms with Gasteiger partial charge in [-0.15, -0.1) is 10.2 Å². The maximum Gasteiger partial charge on any atom is 0.339 e. The molecule has 4 aromatic carbocycles. The van der Waals surface area contributed by atoms with Crippen molar-refractivity contribution >= 4 is 67.7 Å². The first-order valence-electron chi connectivity index (χ1n) is 16.6. The summed E-state index contributed by atoms with van der Waals surface area (Å²) in [5.74, 6) is -2.99. The van der Waals surface area contributed by atoms with E-state index >= 15 is 0 Å². The number of ketones is 2. The molecule has 0 heterocycles. The van der Waals surface area contributed by atoms with E-state index in [4.69, 9.17) is 5.11 Å². The van der Waals surface area contributed by atoms with Gasteiger partial charge in [-0.2, -0.15) is 18.6 Å². The average molecular weight is 802 g/mol. The van der Waals surface area contributed by atoms with Crippen LogP contribution < -0.4 is 48.6 Å². The van der Waals surface area contributed by atoms with Gasteiger partial charge in [-0.3, -0.25) is 39.4 Å². The van der Waals surface area contributed by atoms with Crippen LogP contribution in [0.15, 0.2) is 168 Å². The van der Waals surface area contributed by atoms with Crippen molar-refractivity contribution in [1.82, 2.24) is 5.43 Å². The first-order chi connectivity index (χ1) is 27.7. The monoisotopic (exact) mass is 801 g/mol. The Morgan fingerprint density at radius 2 is 1.33 bits per heavy atom. The molecule has 0 spiro atoms. The van der Waals surface area contributed by atoms with Crippen LogP contribution in [0.25, 0.3) is 0 Å². The highest BCUT2D eigenvalue weighted by Crippen LogP contribution is 2.17. The second kappa shape index (κ2) is 17.1. The van der Waals surface area contributed by atoms with E-state index in [2.05, 4.69) is 47.4 Å². The number of hydrazine groups is 1. The molecular weight excluding hydrogens is 775 g/mol. The van der Waals surface area contributed by atoms with Gasteiger partial charge < -0.3 is 21.3 Å². The predicted molar refractivity (Wildman–Crippen MR) is 211 cm³/mol. The fraction of sp³-hybridized carbons (Fsp3) is 0. The second-order valence-corrected chi connectivity index (χ2v) is 13.4. The molecule has 0 fully saturated rings. The van der Waals surface area contributed by atoms with Gasteiger partial charge in [-0.05, 0) is 115 Å². The third-order valence-corrected chi connectivity index (χ3v) is 8.73. The second-order valence-electron chi connectivity index (χ2n) is 11.9. The number of carbonyl (C=O) groups excluding carboxylic acids is 3. The summed E-state index contributed by atoms with van der Waals surface area (Å²) >= 11 is 0. The van der Waals surface area contributed by atoms with Gasteiger partial charge in [0.15, 0.2) is 11.1 Å². The number of amides is 1. The molecule has 0 aromatic heterocycles. The minimum Gasteiger partial charge on any atom is -0.478 e. The Labute approximate surface area is 326 Å². The van der Waals surface area contributed by atoms with Gasteiger partial charge in [-0.1, -0.05) is 6.07 Å². The number of carboxylic acid groups (broad SMARTS) is 1. The summed E-state index contributed by atoms with van der Waals surface area (Å²) < 4.78 is 32.1. The molecule has 20 heteroatoms. The average Bonchev–Trinajstić information content (AvgIpc) is 3.21. The lowest BCUT2D eigenvalue weighted by Gasteiger charge is -2.13. The summed E-state index contributed by atoms with van der Waals surface area (Å²) in [6, 6.07) is 20.1. The van der Waals surface area contributed by atoms with E-state index in [0.29, 0.717) is 28.3 Å². The van der Waals surface area contributed by atoms with Crippen molar-refractivity contribution in [2.24, 2.45) is 20.4 Å². The van der Waals surface area contributed by atoms with E-state index in [1.807, 2.05) is 0 Å². The molecule has 7 N–H and O–H groups in total. The minimum atomic E-state index is -4.44. The largest absolute Gasteiger partial charge is 0.478 e. The van der Waals surface area contributed by atoms with Crippen LogP contribution in [-0.2, 0) is 24.5 Å². The molecule has 0 bridgehead atoms. The van der Waals surface area contributed by atoms with Gasteiger partial charge in [0.05, 0.1) is 33.4 Å². The molecule has 58 heavy (non-hydrogen) atoms. The van der Waals surface area contributed by atoms with E-state index in [0.717, 1.165) is 18.2 Å². The Hall–Kier alpha value is -8.23. The first-order valence-corrected chi connectivity index (χ1v) is 18.0. The number of carbonyl (C=O) groups is 4. The Morgan fingerprint density at radius 1 is 0.655 bits per heavy atom. The molecule has 6 rings (SSSR count). The number of nitrogens with zero attached hydrogens (tertiary/aromatic N) is 4. The van der Waals surface area contributed by atoms with E-state index in [9.17, 15) is 41.7 Å². The molecule has 1 amide bonds. The van der Waals surface area contributed by atoms with Crippen LogP contribution in [0.5, 0.6) is 0 Å². The van der Waals surface area contributed by atoms with E-state index in [1.165, 1.54) is 54.6 Å². The Balaban J connectivity index is 1.11. The van der Waals surface area contributed by atoms with E-state index < -0.39 is 55.3 Å². The highest BCUT2D eigenvalue weighted by Gasteiger charge is 2.19. The van der Waals surface area contributed by atoms with Crippen LogP contribution in [-0.4, -0.2) is 52.9 Å². The zero-order chi connectivity index (χ0) is 41.4. The Morgan fingerprint density at radius 3 is 2.03 bits per heavy atom. The smallest absolute Gasteiger partial charge is 0.339 e. The lowest BCUT2D eigenvalue weighted by Crippen LogP contribution is -2.47. The highest BCUT2D eigenvalue weighted by molar-refractivity contribution is 7.85. The number of benzene rings is 4. The van der Waals surface area contributed by atoms with Crippen LogP contribution in [0.4, 0.5) is 22.7 Å². The minimum absolute atomic E-state index is 0.0658. The van der Waals surface area contributed by atoms with Gasteiger partial charge in [0, 0.05) is 11.3 Å². The van der Waals surface area contributed by atoms with Crippen molar-refractivity contribution in [3.63, 3.8) is 0 Å². The molecule has 2 aliphatic rings. The number of rotatable bonds is 12. The third kappa shape index (κ3) is 9.89. The number of anilines is 4. The summed E-state index contributed by atoms with van der Waals surface area (Å²) in [6.45, 7) is 0. The predicted octanol–water partition coefficient (Wildman–Crippen LogP) is 1.52. The number of carboxylic acids is 1. The van der Waals surface area contributed by atoms with Crippen LogP contribution >= 0.6 is 0 Å².